The Morgan fingerprint density at radius 3 is 1.37 bits per heavy atom. The van der Waals surface area contributed by atoms with Crippen molar-refractivity contribution in [3.05, 3.63) is 120 Å². The van der Waals surface area contributed by atoms with Crippen molar-refractivity contribution in [1.82, 2.24) is 9.34 Å². The third-order valence-electron chi connectivity index (χ3n) is 5.13. The monoisotopic (exact) mass is 384 g/mol. The molecule has 4 aromatic rings. The second kappa shape index (κ2) is 8.03. The lowest BCUT2D eigenvalue weighted by atomic mass is 10.1. The highest BCUT2D eigenvalue weighted by Gasteiger charge is 2.24. The van der Waals surface area contributed by atoms with Gasteiger partial charge in [-0.05, 0) is 45.8 Å². The molecule has 0 radical (unpaired) electrons. The Morgan fingerprint density at radius 1 is 0.467 bits per heavy atom. The second-order valence-corrected chi connectivity index (χ2v) is 7.22. The van der Waals surface area contributed by atoms with Gasteiger partial charge in [0.15, 0.2) is 0 Å². The average molecular weight is 384 g/mol. The van der Waals surface area contributed by atoms with Gasteiger partial charge in [0.1, 0.15) is 0 Å². The number of benzene rings is 4. The van der Waals surface area contributed by atoms with Gasteiger partial charge in [0.25, 0.3) is 0 Å². The molecule has 140 valence electrons. The minimum absolute atomic E-state index is 0.850. The fourth-order valence-electron chi connectivity index (χ4n) is 3.55. The third-order valence-corrected chi connectivity index (χ3v) is 5.13. The fourth-order valence-corrected chi connectivity index (χ4v) is 3.55. The largest absolute Gasteiger partial charge is 0.415 e. The van der Waals surface area contributed by atoms with Gasteiger partial charge >= 0.3 is 23.9 Å². The van der Waals surface area contributed by atoms with E-state index in [9.17, 15) is 0 Å². The van der Waals surface area contributed by atoms with Crippen LogP contribution in [0.3, 0.4) is 0 Å². The maximum absolute atomic E-state index is 4.71. The molecule has 1 aliphatic rings. The van der Waals surface area contributed by atoms with E-state index in [1.54, 1.807) is 0 Å². The van der Waals surface area contributed by atoms with Gasteiger partial charge in [-0.15, -0.1) is 0 Å². The number of hydrogen-bond acceptors (Lipinski definition) is 0. The molecule has 0 aromatic heterocycles. The van der Waals surface area contributed by atoms with Crippen LogP contribution in [0.15, 0.2) is 109 Å². The summed E-state index contributed by atoms with van der Waals surface area (Å²) in [5.74, 6) is 0. The van der Waals surface area contributed by atoms with Gasteiger partial charge in [-0.1, -0.05) is 82.2 Å². The molecular formula is C28H20N2+2. The summed E-state index contributed by atoms with van der Waals surface area (Å²) in [5, 5.41) is 4.89. The smallest absolute Gasteiger partial charge is 0.0831 e. The van der Waals surface area contributed by atoms with Crippen LogP contribution < -0.4 is 9.34 Å². The molecule has 0 fully saturated rings. The number of allylic oxidation sites excluding steroid dienone is 4. The first kappa shape index (κ1) is 17.8. The van der Waals surface area contributed by atoms with Crippen LogP contribution >= 0.6 is 0 Å². The summed E-state index contributed by atoms with van der Waals surface area (Å²) < 4.78 is 9.41. The zero-order valence-corrected chi connectivity index (χ0v) is 16.4. The maximum atomic E-state index is 4.71. The van der Waals surface area contributed by atoms with Gasteiger partial charge in [0, 0.05) is 12.2 Å². The van der Waals surface area contributed by atoms with E-state index in [2.05, 4.69) is 84.9 Å². The highest BCUT2D eigenvalue weighted by molar-refractivity contribution is 6.50. The Labute approximate surface area is 175 Å². The topological polar surface area (TPSA) is 28.2 Å². The lowest BCUT2D eigenvalue weighted by molar-refractivity contribution is 1.60. The van der Waals surface area contributed by atoms with Crippen LogP contribution in [0.4, 0.5) is 0 Å². The van der Waals surface area contributed by atoms with Crippen molar-refractivity contribution in [1.29, 1.82) is 0 Å². The molecule has 0 aliphatic heterocycles. The average Bonchev–Trinajstić information content (AvgIpc) is 2.81. The van der Waals surface area contributed by atoms with Crippen LogP contribution in [0.5, 0.6) is 0 Å². The molecule has 0 saturated heterocycles. The molecule has 1 aliphatic carbocycles. The van der Waals surface area contributed by atoms with E-state index >= 15 is 0 Å². The Bertz CT molecular complexity index is 1340. The summed E-state index contributed by atoms with van der Waals surface area (Å²) in [5.41, 5.74) is 3.84. The van der Waals surface area contributed by atoms with Crippen LogP contribution in [0, 0.1) is 0 Å². The third kappa shape index (κ3) is 3.83. The summed E-state index contributed by atoms with van der Waals surface area (Å²) in [7, 11) is 0. The normalized spacial score (nSPS) is 12.7. The fraction of sp³-hybridized carbons (Fsp3) is 0. The van der Waals surface area contributed by atoms with Crippen LogP contribution in [0.25, 0.3) is 21.5 Å². The molecule has 0 spiro atoms. The molecule has 4 aromatic carbocycles. The molecule has 0 atom stereocenters. The Kier molecular flexibility index (Phi) is 4.78. The number of fused-ring (bicyclic) bond motifs is 2. The first-order valence-corrected chi connectivity index (χ1v) is 10.00. The number of rotatable bonds is 2. The molecule has 0 saturated carbocycles. The van der Waals surface area contributed by atoms with Crippen molar-refractivity contribution in [2.24, 2.45) is 0 Å². The molecule has 0 N–H and O–H groups in total. The molecule has 5 rings (SSSR count). The summed E-state index contributed by atoms with van der Waals surface area (Å²) in [6.07, 6.45) is 11.8. The lowest BCUT2D eigenvalue weighted by Gasteiger charge is -1.95. The van der Waals surface area contributed by atoms with E-state index < -0.39 is 0 Å². The van der Waals surface area contributed by atoms with Gasteiger partial charge in [-0.3, -0.25) is 0 Å². The minimum atomic E-state index is 0.850. The highest BCUT2D eigenvalue weighted by Crippen LogP contribution is 2.15. The SMILES string of the molecule is C1=CC(=[N+]=Cc2ccc3ccccc3c2)C(=[N+]=Cc2ccc3ccccc3c2)C=C1. The standard InChI is InChI=1S/C28H20N2/c1-3-9-25-17-21(13-15-23(25)7-1)19-29-27-11-5-6-12-28(27)30-20-22-14-16-24-8-2-4-10-26(24)18-22/h1-20H/q+2. The Balaban J connectivity index is 1.51. The van der Waals surface area contributed by atoms with Crippen molar-refractivity contribution in [2.75, 3.05) is 0 Å². The molecule has 0 bridgehead atoms. The number of hydrogen-bond donors (Lipinski definition) is 0. The van der Waals surface area contributed by atoms with E-state index in [1.807, 2.05) is 36.7 Å². The van der Waals surface area contributed by atoms with Gasteiger partial charge in [-0.25, -0.2) is 0 Å². The zero-order chi connectivity index (χ0) is 20.2. The summed E-state index contributed by atoms with van der Waals surface area (Å²) in [4.78, 5) is 0. The lowest BCUT2D eigenvalue weighted by Crippen LogP contribution is -2.17. The van der Waals surface area contributed by atoms with Crippen molar-refractivity contribution < 1.29 is 0 Å². The quantitative estimate of drug-likeness (QED) is 0.273. The molecule has 0 unspecified atom stereocenters. The molecule has 2 heteroatoms. The minimum Gasteiger partial charge on any atom is -0.0831 e. The van der Waals surface area contributed by atoms with Crippen LogP contribution in [0.2, 0.25) is 0 Å². The predicted molar refractivity (Wildman–Crippen MR) is 131 cm³/mol. The molecule has 0 heterocycles. The number of nitrogens with zero attached hydrogens (tertiary/aromatic N) is 2. The molecule has 2 nitrogen and oxygen atoms in total. The summed E-state index contributed by atoms with van der Waals surface area (Å²) >= 11 is 0. The summed E-state index contributed by atoms with van der Waals surface area (Å²) in [6, 6.07) is 29.4. The maximum Gasteiger partial charge on any atom is 0.415 e. The van der Waals surface area contributed by atoms with E-state index in [1.165, 1.54) is 21.5 Å². The van der Waals surface area contributed by atoms with Crippen molar-refractivity contribution >= 4 is 45.4 Å². The van der Waals surface area contributed by atoms with Crippen LogP contribution in [0.1, 0.15) is 11.1 Å². The van der Waals surface area contributed by atoms with E-state index in [0.717, 1.165) is 22.6 Å². The molecular weight excluding hydrogens is 364 g/mol. The summed E-state index contributed by atoms with van der Waals surface area (Å²) in [6.45, 7) is 0. The van der Waals surface area contributed by atoms with Crippen molar-refractivity contribution in [2.45, 2.75) is 0 Å². The van der Waals surface area contributed by atoms with Gasteiger partial charge in [0.05, 0.1) is 11.1 Å². The van der Waals surface area contributed by atoms with Gasteiger partial charge < -0.3 is 0 Å². The van der Waals surface area contributed by atoms with Crippen LogP contribution in [-0.2, 0) is 0 Å². The first-order valence-electron chi connectivity index (χ1n) is 10.00. The molecule has 30 heavy (non-hydrogen) atoms. The first-order chi connectivity index (χ1) is 14.8. The van der Waals surface area contributed by atoms with Gasteiger partial charge in [0.2, 0.25) is 0 Å². The van der Waals surface area contributed by atoms with E-state index in [-0.39, 0.29) is 0 Å². The molecule has 0 amide bonds. The second-order valence-electron chi connectivity index (χ2n) is 7.22. The van der Waals surface area contributed by atoms with Crippen molar-refractivity contribution in [3.63, 3.8) is 0 Å². The van der Waals surface area contributed by atoms with Gasteiger partial charge in [-0.2, -0.15) is 0 Å². The zero-order valence-electron chi connectivity index (χ0n) is 16.4. The Morgan fingerprint density at radius 2 is 0.900 bits per heavy atom. The van der Waals surface area contributed by atoms with E-state index in [4.69, 9.17) is 9.34 Å². The highest BCUT2D eigenvalue weighted by atomic mass is 14.7. The van der Waals surface area contributed by atoms with Crippen LogP contribution in [-0.4, -0.2) is 23.9 Å². The predicted octanol–water partition coefficient (Wildman–Crippen LogP) is 4.67. The van der Waals surface area contributed by atoms with Crippen molar-refractivity contribution in [3.8, 4) is 0 Å². The van der Waals surface area contributed by atoms with E-state index in [0.29, 0.717) is 0 Å². The Hall–Kier alpha value is -4.22.